The van der Waals surface area contributed by atoms with Crippen LogP contribution in [-0.2, 0) is 9.59 Å². The molecule has 6 heteroatoms. The van der Waals surface area contributed by atoms with Crippen LogP contribution in [-0.4, -0.2) is 67.2 Å². The number of rotatable bonds is 19. The Kier molecular flexibility index (Phi) is 14.5. The summed E-state index contributed by atoms with van der Waals surface area (Å²) in [7, 11) is 0. The average molecular weight is 635 g/mol. The lowest BCUT2D eigenvalue weighted by atomic mass is 9.54. The largest absolute Gasteiger partial charge is 0.480 e. The van der Waals surface area contributed by atoms with Gasteiger partial charge in [-0.1, -0.05) is 78.1 Å². The summed E-state index contributed by atoms with van der Waals surface area (Å²) < 4.78 is 0. The summed E-state index contributed by atoms with van der Waals surface area (Å²) in [5.74, 6) is -2.80. The molecule has 2 saturated heterocycles. The van der Waals surface area contributed by atoms with Gasteiger partial charge in [-0.3, -0.25) is 19.4 Å². The molecule has 0 bridgehead atoms. The predicted octanol–water partition coefficient (Wildman–Crippen LogP) is 10.0. The molecule has 0 spiro atoms. The van der Waals surface area contributed by atoms with E-state index >= 15 is 0 Å². The minimum atomic E-state index is -1.84. The molecule has 2 rings (SSSR count). The van der Waals surface area contributed by atoms with E-state index in [1.54, 1.807) is 0 Å². The molecule has 2 aliphatic heterocycles. The molecule has 0 atom stereocenters. The molecule has 264 valence electrons. The number of carboxylic acid groups (broad SMARTS) is 2. The fraction of sp³-hybridized carbons (Fsp3) is 0.949. The second kappa shape index (κ2) is 16.3. The number of carbonyl (C=O) groups is 2. The SMILES string of the molecule is CCCCCCCCN1C(C)(C)CC(C(C2CC(C)(C)N(CCCCCCCC)C(C)(C)C2)C(C)(C(=O)O)C(=O)O)CC1(C)C. The van der Waals surface area contributed by atoms with Gasteiger partial charge in [0.25, 0.3) is 0 Å². The molecule has 45 heavy (non-hydrogen) atoms. The quantitative estimate of drug-likeness (QED) is 0.109. The summed E-state index contributed by atoms with van der Waals surface area (Å²) in [6, 6.07) is 0. The van der Waals surface area contributed by atoms with Crippen molar-refractivity contribution in [1.82, 2.24) is 9.80 Å². The summed E-state index contributed by atoms with van der Waals surface area (Å²) >= 11 is 0. The number of piperidine rings is 2. The Morgan fingerprint density at radius 2 is 0.844 bits per heavy atom. The summed E-state index contributed by atoms with van der Waals surface area (Å²) in [5, 5.41) is 21.3. The number of unbranched alkanes of at least 4 members (excludes halogenated alkanes) is 10. The van der Waals surface area contributed by atoms with Gasteiger partial charge in [0.2, 0.25) is 0 Å². The minimum absolute atomic E-state index is 0.00900. The van der Waals surface area contributed by atoms with E-state index in [0.29, 0.717) is 0 Å². The molecule has 0 saturated carbocycles. The first-order valence-corrected chi connectivity index (χ1v) is 18.8. The molecule has 0 aromatic heterocycles. The number of carboxylic acids is 2. The van der Waals surface area contributed by atoms with Crippen molar-refractivity contribution in [2.24, 2.45) is 23.2 Å². The summed E-state index contributed by atoms with van der Waals surface area (Å²) in [5.41, 5.74) is -2.41. The smallest absolute Gasteiger partial charge is 0.321 e. The van der Waals surface area contributed by atoms with E-state index in [1.807, 2.05) is 0 Å². The molecule has 0 aliphatic carbocycles. The zero-order chi connectivity index (χ0) is 34.3. The lowest BCUT2D eigenvalue weighted by molar-refractivity contribution is -0.181. The highest BCUT2D eigenvalue weighted by Gasteiger charge is 2.60. The number of hydrogen-bond donors (Lipinski definition) is 2. The summed E-state index contributed by atoms with van der Waals surface area (Å²) in [6.45, 7) is 26.6. The van der Waals surface area contributed by atoms with Crippen molar-refractivity contribution in [3.8, 4) is 0 Å². The minimum Gasteiger partial charge on any atom is -0.480 e. The van der Waals surface area contributed by atoms with Gasteiger partial charge in [0.05, 0.1) is 0 Å². The molecule has 2 N–H and O–H groups in total. The van der Waals surface area contributed by atoms with Gasteiger partial charge >= 0.3 is 11.9 Å². The van der Waals surface area contributed by atoms with Crippen molar-refractivity contribution in [3.63, 3.8) is 0 Å². The number of likely N-dealkylation sites (tertiary alicyclic amines) is 2. The van der Waals surface area contributed by atoms with Crippen LogP contribution in [0.5, 0.6) is 0 Å². The highest BCUT2D eigenvalue weighted by molar-refractivity contribution is 5.98. The third-order valence-corrected chi connectivity index (χ3v) is 12.0. The topological polar surface area (TPSA) is 81.1 Å². The van der Waals surface area contributed by atoms with Crippen LogP contribution in [0.25, 0.3) is 0 Å². The summed E-state index contributed by atoms with van der Waals surface area (Å²) in [6.07, 6.45) is 18.4. The van der Waals surface area contributed by atoms with E-state index in [1.165, 1.54) is 84.0 Å². The van der Waals surface area contributed by atoms with E-state index < -0.39 is 23.3 Å². The highest BCUT2D eigenvalue weighted by atomic mass is 16.4. The van der Waals surface area contributed by atoms with Crippen LogP contribution < -0.4 is 0 Å². The van der Waals surface area contributed by atoms with Gasteiger partial charge in [-0.05, 0) is 132 Å². The van der Waals surface area contributed by atoms with Crippen molar-refractivity contribution in [2.75, 3.05) is 13.1 Å². The van der Waals surface area contributed by atoms with Crippen LogP contribution in [0.3, 0.4) is 0 Å². The van der Waals surface area contributed by atoms with Crippen LogP contribution in [0.1, 0.15) is 179 Å². The van der Waals surface area contributed by atoms with Crippen molar-refractivity contribution in [2.45, 2.75) is 201 Å². The first kappa shape index (κ1) is 40.0. The molecule has 2 fully saturated rings. The lowest BCUT2D eigenvalue weighted by Crippen LogP contribution is -2.66. The zero-order valence-corrected chi connectivity index (χ0v) is 31.6. The third kappa shape index (κ3) is 9.94. The van der Waals surface area contributed by atoms with Gasteiger partial charge < -0.3 is 10.2 Å². The molecule has 0 amide bonds. The number of hydrogen-bond acceptors (Lipinski definition) is 4. The fourth-order valence-corrected chi connectivity index (χ4v) is 10.3. The highest BCUT2D eigenvalue weighted by Crippen LogP contribution is 2.56. The lowest BCUT2D eigenvalue weighted by Gasteiger charge is -2.61. The Morgan fingerprint density at radius 1 is 0.578 bits per heavy atom. The number of nitrogens with zero attached hydrogens (tertiary/aromatic N) is 2. The molecule has 0 aromatic carbocycles. The molecule has 6 nitrogen and oxygen atoms in total. The van der Waals surface area contributed by atoms with E-state index in [9.17, 15) is 19.8 Å². The van der Waals surface area contributed by atoms with Crippen LogP contribution in [0.15, 0.2) is 0 Å². The van der Waals surface area contributed by atoms with Crippen LogP contribution in [0, 0.1) is 23.2 Å². The zero-order valence-electron chi connectivity index (χ0n) is 31.6. The van der Waals surface area contributed by atoms with Crippen LogP contribution in [0.4, 0.5) is 0 Å². The Balaban J connectivity index is 2.38. The molecule has 0 radical (unpaired) electrons. The predicted molar refractivity (Wildman–Crippen MR) is 189 cm³/mol. The van der Waals surface area contributed by atoms with Crippen molar-refractivity contribution < 1.29 is 19.8 Å². The van der Waals surface area contributed by atoms with Gasteiger partial charge in [0.1, 0.15) is 0 Å². The first-order chi connectivity index (χ1) is 20.8. The van der Waals surface area contributed by atoms with Crippen molar-refractivity contribution in [1.29, 1.82) is 0 Å². The van der Waals surface area contributed by atoms with E-state index in [0.717, 1.165) is 38.8 Å². The van der Waals surface area contributed by atoms with E-state index in [-0.39, 0.29) is 34.0 Å². The Labute approximate surface area is 278 Å². The second-order valence-electron chi connectivity index (χ2n) is 17.8. The standard InChI is InChI=1S/C39H74N2O4/c1-12-14-16-18-20-22-24-40-35(3,4)26-30(27-36(40,5)6)32(39(11,33(42)43)34(44)45)31-28-37(7,8)41(38(9,10)29-31)25-23-21-19-17-15-13-2/h30-32H,12-29H2,1-11H3,(H,42,43)(H,44,45). The maximum atomic E-state index is 13.1. The number of aliphatic carboxylic acids is 2. The molecular formula is C39H74N2O4. The van der Waals surface area contributed by atoms with E-state index in [2.05, 4.69) is 79.0 Å². The molecule has 2 heterocycles. The molecular weight excluding hydrogens is 560 g/mol. The van der Waals surface area contributed by atoms with Gasteiger partial charge in [-0.25, -0.2) is 0 Å². The molecule has 0 aromatic rings. The maximum Gasteiger partial charge on any atom is 0.321 e. The second-order valence-corrected chi connectivity index (χ2v) is 17.8. The van der Waals surface area contributed by atoms with Gasteiger partial charge in [0.15, 0.2) is 5.41 Å². The van der Waals surface area contributed by atoms with Crippen molar-refractivity contribution in [3.05, 3.63) is 0 Å². The Bertz CT molecular complexity index is 833. The van der Waals surface area contributed by atoms with Gasteiger partial charge in [-0.15, -0.1) is 0 Å². The molecule has 2 aliphatic rings. The average Bonchev–Trinajstić information content (AvgIpc) is 2.89. The van der Waals surface area contributed by atoms with E-state index in [4.69, 9.17) is 0 Å². The normalized spacial score (nSPS) is 22.6. The fourth-order valence-electron chi connectivity index (χ4n) is 10.3. The van der Waals surface area contributed by atoms with Gasteiger partial charge in [0, 0.05) is 22.2 Å². The first-order valence-electron chi connectivity index (χ1n) is 18.8. The van der Waals surface area contributed by atoms with Crippen LogP contribution >= 0.6 is 0 Å². The Hall–Kier alpha value is -1.14. The summed E-state index contributed by atoms with van der Waals surface area (Å²) in [4.78, 5) is 31.4. The third-order valence-electron chi connectivity index (χ3n) is 12.0. The monoisotopic (exact) mass is 635 g/mol. The van der Waals surface area contributed by atoms with Crippen molar-refractivity contribution >= 4 is 11.9 Å². The Morgan fingerprint density at radius 3 is 1.11 bits per heavy atom. The molecule has 0 unspecified atom stereocenters. The van der Waals surface area contributed by atoms with Crippen LogP contribution in [0.2, 0.25) is 0 Å². The van der Waals surface area contributed by atoms with Gasteiger partial charge in [-0.2, -0.15) is 0 Å². The maximum absolute atomic E-state index is 13.1.